The molecule has 0 aromatic heterocycles. The van der Waals surface area contributed by atoms with Gasteiger partial charge in [0.2, 0.25) is 0 Å². The van der Waals surface area contributed by atoms with E-state index in [0.717, 1.165) is 18.9 Å². The Morgan fingerprint density at radius 3 is 2.62 bits per heavy atom. The zero-order chi connectivity index (χ0) is 16.0. The van der Waals surface area contributed by atoms with Crippen molar-refractivity contribution in [2.24, 2.45) is 0 Å². The van der Waals surface area contributed by atoms with Gasteiger partial charge in [-0.05, 0) is 37.1 Å². The van der Waals surface area contributed by atoms with Gasteiger partial charge in [-0.1, -0.05) is 31.0 Å². The second kappa shape index (κ2) is 7.84. The molecule has 1 aromatic carbocycles. The fourth-order valence-electron chi connectivity index (χ4n) is 1.97. The molecular weight excluding hydrogens is 290 g/mol. The lowest BCUT2D eigenvalue weighted by Gasteiger charge is -2.24. The first-order chi connectivity index (χ1) is 9.86. The number of rotatable bonds is 6. The van der Waals surface area contributed by atoms with Gasteiger partial charge < -0.3 is 10.0 Å². The minimum Gasteiger partial charge on any atom is -0.478 e. The van der Waals surface area contributed by atoms with E-state index in [1.807, 2.05) is 6.92 Å². The van der Waals surface area contributed by atoms with Crippen molar-refractivity contribution in [3.63, 3.8) is 0 Å². The summed E-state index contributed by atoms with van der Waals surface area (Å²) in [4.78, 5) is 24.5. The van der Waals surface area contributed by atoms with Crippen LogP contribution in [-0.4, -0.2) is 35.0 Å². The molecule has 0 radical (unpaired) electrons. The van der Waals surface area contributed by atoms with E-state index in [0.29, 0.717) is 16.1 Å². The van der Waals surface area contributed by atoms with Crippen LogP contribution in [0.25, 0.3) is 6.08 Å². The summed E-state index contributed by atoms with van der Waals surface area (Å²) in [5.41, 5.74) is 1.07. The molecule has 0 aliphatic rings. The lowest BCUT2D eigenvalue weighted by atomic mass is 10.1. The number of carboxylic acid groups (broad SMARTS) is 1. The van der Waals surface area contributed by atoms with E-state index in [-0.39, 0.29) is 11.9 Å². The predicted octanol–water partition coefficient (Wildman–Crippen LogP) is 3.70. The summed E-state index contributed by atoms with van der Waals surface area (Å²) >= 11 is 6.09. The number of aliphatic carboxylic acids is 1. The molecule has 0 heterocycles. The van der Waals surface area contributed by atoms with Gasteiger partial charge in [-0.3, -0.25) is 4.79 Å². The summed E-state index contributed by atoms with van der Waals surface area (Å²) in [6.45, 7) is 4.09. The molecule has 1 amide bonds. The van der Waals surface area contributed by atoms with E-state index in [1.54, 1.807) is 30.1 Å². The van der Waals surface area contributed by atoms with Crippen molar-refractivity contribution < 1.29 is 14.7 Å². The largest absolute Gasteiger partial charge is 0.478 e. The first kappa shape index (κ1) is 17.2. The molecule has 0 saturated heterocycles. The lowest BCUT2D eigenvalue weighted by Crippen LogP contribution is -2.34. The Morgan fingerprint density at radius 2 is 2.10 bits per heavy atom. The Bertz CT molecular complexity index is 554. The quantitative estimate of drug-likeness (QED) is 0.815. The van der Waals surface area contributed by atoms with Gasteiger partial charge in [-0.15, -0.1) is 0 Å². The smallest absolute Gasteiger partial charge is 0.328 e. The van der Waals surface area contributed by atoms with Gasteiger partial charge in [0.05, 0.1) is 0 Å². The number of hydrogen-bond donors (Lipinski definition) is 1. The van der Waals surface area contributed by atoms with Crippen molar-refractivity contribution in [3.05, 3.63) is 40.4 Å². The Hall–Kier alpha value is -1.81. The highest BCUT2D eigenvalue weighted by Crippen LogP contribution is 2.21. The SMILES string of the molecule is CCCC(C)N(C)C(=O)c1ccc(/C=C/C(=O)O)c(Cl)c1. The Kier molecular flexibility index (Phi) is 6.43. The number of carbonyl (C=O) groups is 2. The van der Waals surface area contributed by atoms with Crippen molar-refractivity contribution in [1.29, 1.82) is 0 Å². The molecule has 0 spiro atoms. The van der Waals surface area contributed by atoms with Crippen molar-refractivity contribution in [1.82, 2.24) is 4.90 Å². The van der Waals surface area contributed by atoms with E-state index in [9.17, 15) is 9.59 Å². The average molecular weight is 310 g/mol. The highest BCUT2D eigenvalue weighted by molar-refractivity contribution is 6.32. The predicted molar refractivity (Wildman–Crippen MR) is 84.6 cm³/mol. The van der Waals surface area contributed by atoms with E-state index in [2.05, 4.69) is 6.92 Å². The van der Waals surface area contributed by atoms with Gasteiger partial charge >= 0.3 is 5.97 Å². The third-order valence-corrected chi connectivity index (χ3v) is 3.67. The third kappa shape index (κ3) is 4.90. The molecule has 0 aliphatic heterocycles. The molecule has 0 aliphatic carbocycles. The molecule has 1 rings (SSSR count). The third-order valence-electron chi connectivity index (χ3n) is 3.34. The maximum Gasteiger partial charge on any atom is 0.328 e. The maximum atomic E-state index is 12.3. The molecule has 1 aromatic rings. The molecule has 0 saturated carbocycles. The van der Waals surface area contributed by atoms with Crippen LogP contribution in [-0.2, 0) is 4.79 Å². The highest BCUT2D eigenvalue weighted by Gasteiger charge is 2.17. The molecule has 0 bridgehead atoms. The van der Waals surface area contributed by atoms with Crippen LogP contribution < -0.4 is 0 Å². The summed E-state index contributed by atoms with van der Waals surface area (Å²) in [6, 6.07) is 5.03. The molecular formula is C16H20ClNO3. The van der Waals surface area contributed by atoms with Crippen molar-refractivity contribution in [2.45, 2.75) is 32.7 Å². The molecule has 4 nitrogen and oxygen atoms in total. The zero-order valence-corrected chi connectivity index (χ0v) is 13.2. The average Bonchev–Trinajstić information content (AvgIpc) is 2.44. The number of carbonyl (C=O) groups excluding carboxylic acids is 1. The molecule has 21 heavy (non-hydrogen) atoms. The second-order valence-corrected chi connectivity index (χ2v) is 5.37. The van der Waals surface area contributed by atoms with E-state index < -0.39 is 5.97 Å². The number of amides is 1. The summed E-state index contributed by atoms with van der Waals surface area (Å²) in [5.74, 6) is -1.13. The number of benzene rings is 1. The molecule has 5 heteroatoms. The number of halogens is 1. The Morgan fingerprint density at radius 1 is 1.43 bits per heavy atom. The van der Waals surface area contributed by atoms with Crippen LogP contribution in [0.1, 0.15) is 42.6 Å². The fraction of sp³-hybridized carbons (Fsp3) is 0.375. The van der Waals surface area contributed by atoms with Gasteiger partial charge in [0.25, 0.3) is 5.91 Å². The standard InChI is InChI=1S/C16H20ClNO3/c1-4-5-11(2)18(3)16(21)13-7-6-12(14(17)10-13)8-9-15(19)20/h6-11H,4-5H2,1-3H3,(H,19,20)/b9-8+. The normalized spacial score (nSPS) is 12.4. The summed E-state index contributed by atoms with van der Waals surface area (Å²) in [6.07, 6.45) is 4.37. The number of hydrogen-bond acceptors (Lipinski definition) is 2. The van der Waals surface area contributed by atoms with Crippen LogP contribution in [0.2, 0.25) is 5.02 Å². The van der Waals surface area contributed by atoms with Crippen LogP contribution in [0.5, 0.6) is 0 Å². The van der Waals surface area contributed by atoms with Crippen LogP contribution in [0.3, 0.4) is 0 Å². The van der Waals surface area contributed by atoms with E-state index in [4.69, 9.17) is 16.7 Å². The van der Waals surface area contributed by atoms with Gasteiger partial charge in [0.1, 0.15) is 0 Å². The zero-order valence-electron chi connectivity index (χ0n) is 12.5. The molecule has 1 atom stereocenters. The van der Waals surface area contributed by atoms with Gasteiger partial charge in [0, 0.05) is 29.8 Å². The van der Waals surface area contributed by atoms with Gasteiger partial charge in [-0.2, -0.15) is 0 Å². The van der Waals surface area contributed by atoms with Crippen molar-refractivity contribution in [3.8, 4) is 0 Å². The van der Waals surface area contributed by atoms with Crippen LogP contribution >= 0.6 is 11.6 Å². The first-order valence-corrected chi connectivity index (χ1v) is 7.22. The summed E-state index contributed by atoms with van der Waals surface area (Å²) in [5, 5.41) is 8.96. The highest BCUT2D eigenvalue weighted by atomic mass is 35.5. The molecule has 114 valence electrons. The van der Waals surface area contributed by atoms with E-state index >= 15 is 0 Å². The van der Waals surface area contributed by atoms with Crippen LogP contribution in [0.4, 0.5) is 0 Å². The second-order valence-electron chi connectivity index (χ2n) is 4.96. The molecule has 1 N–H and O–H groups in total. The topological polar surface area (TPSA) is 57.6 Å². The van der Waals surface area contributed by atoms with Gasteiger partial charge in [0.15, 0.2) is 0 Å². The summed E-state index contributed by atoms with van der Waals surface area (Å²) in [7, 11) is 1.77. The van der Waals surface area contributed by atoms with Crippen LogP contribution in [0, 0.1) is 0 Å². The minimum absolute atomic E-state index is 0.0911. The van der Waals surface area contributed by atoms with Crippen molar-refractivity contribution >= 4 is 29.6 Å². The molecule has 1 unspecified atom stereocenters. The Labute approximate surface area is 130 Å². The maximum absolute atomic E-state index is 12.3. The van der Waals surface area contributed by atoms with Gasteiger partial charge in [-0.25, -0.2) is 4.79 Å². The first-order valence-electron chi connectivity index (χ1n) is 6.84. The van der Waals surface area contributed by atoms with Crippen LogP contribution in [0.15, 0.2) is 24.3 Å². The lowest BCUT2D eigenvalue weighted by molar-refractivity contribution is -0.131. The minimum atomic E-state index is -1.04. The molecule has 0 fully saturated rings. The fourth-order valence-corrected chi connectivity index (χ4v) is 2.22. The van der Waals surface area contributed by atoms with Crippen molar-refractivity contribution in [2.75, 3.05) is 7.05 Å². The monoisotopic (exact) mass is 309 g/mol. The Balaban J connectivity index is 2.93. The number of carboxylic acids is 1. The summed E-state index contributed by atoms with van der Waals surface area (Å²) < 4.78 is 0. The number of nitrogens with zero attached hydrogens (tertiary/aromatic N) is 1. The van der Waals surface area contributed by atoms with E-state index in [1.165, 1.54) is 6.08 Å².